The van der Waals surface area contributed by atoms with Gasteiger partial charge in [-0.15, -0.1) is 0 Å². The maximum atomic E-state index is 4.61. The van der Waals surface area contributed by atoms with E-state index in [1.807, 2.05) is 12.1 Å². The molecule has 19 heavy (non-hydrogen) atoms. The average Bonchev–Trinajstić information content (AvgIpc) is 2.88. The SMILES string of the molecule is Brc1cccc(Cc2nc(C3CCCCN3)n[nH]2)c1. The van der Waals surface area contributed by atoms with Crippen LogP contribution in [0.25, 0.3) is 0 Å². The molecule has 1 saturated heterocycles. The average molecular weight is 321 g/mol. The summed E-state index contributed by atoms with van der Waals surface area (Å²) >= 11 is 3.49. The van der Waals surface area contributed by atoms with Crippen molar-refractivity contribution in [3.8, 4) is 0 Å². The summed E-state index contributed by atoms with van der Waals surface area (Å²) < 4.78 is 1.10. The first-order chi connectivity index (χ1) is 9.31. The topological polar surface area (TPSA) is 53.6 Å². The van der Waals surface area contributed by atoms with E-state index < -0.39 is 0 Å². The molecule has 2 N–H and O–H groups in total. The Bertz CT molecular complexity index is 546. The van der Waals surface area contributed by atoms with Crippen LogP contribution < -0.4 is 5.32 Å². The van der Waals surface area contributed by atoms with Crippen LogP contribution in [0.15, 0.2) is 28.7 Å². The summed E-state index contributed by atoms with van der Waals surface area (Å²) in [4.78, 5) is 4.61. The summed E-state index contributed by atoms with van der Waals surface area (Å²) in [6.07, 6.45) is 4.44. The smallest absolute Gasteiger partial charge is 0.167 e. The molecule has 0 bridgehead atoms. The lowest BCUT2D eigenvalue weighted by Gasteiger charge is -2.20. The van der Waals surface area contributed by atoms with Gasteiger partial charge in [0, 0.05) is 10.9 Å². The highest BCUT2D eigenvalue weighted by molar-refractivity contribution is 9.10. The summed E-state index contributed by atoms with van der Waals surface area (Å²) in [5.41, 5.74) is 1.23. The molecular formula is C14H17BrN4. The van der Waals surface area contributed by atoms with Crippen LogP contribution >= 0.6 is 15.9 Å². The predicted octanol–water partition coefficient (Wildman–Crippen LogP) is 2.97. The van der Waals surface area contributed by atoms with E-state index >= 15 is 0 Å². The summed E-state index contributed by atoms with van der Waals surface area (Å²) in [6, 6.07) is 8.61. The van der Waals surface area contributed by atoms with E-state index in [2.05, 4.69) is 48.6 Å². The molecule has 0 spiro atoms. The number of piperidine rings is 1. The molecular weight excluding hydrogens is 304 g/mol. The molecule has 4 nitrogen and oxygen atoms in total. The van der Waals surface area contributed by atoms with Crippen molar-refractivity contribution in [2.45, 2.75) is 31.7 Å². The van der Waals surface area contributed by atoms with Crippen molar-refractivity contribution in [3.63, 3.8) is 0 Å². The number of nitrogens with one attached hydrogen (secondary N) is 2. The number of aromatic amines is 1. The van der Waals surface area contributed by atoms with Crippen LogP contribution in [-0.4, -0.2) is 21.7 Å². The Labute approximate surface area is 121 Å². The number of nitrogens with zero attached hydrogens (tertiary/aromatic N) is 2. The fraction of sp³-hybridized carbons (Fsp3) is 0.429. The van der Waals surface area contributed by atoms with Crippen LogP contribution in [0, 0.1) is 0 Å². The van der Waals surface area contributed by atoms with Crippen LogP contribution in [0.5, 0.6) is 0 Å². The minimum absolute atomic E-state index is 0.321. The number of halogens is 1. The Morgan fingerprint density at radius 1 is 1.32 bits per heavy atom. The minimum Gasteiger partial charge on any atom is -0.307 e. The van der Waals surface area contributed by atoms with Crippen LogP contribution in [0.2, 0.25) is 0 Å². The third kappa shape index (κ3) is 3.22. The molecule has 0 saturated carbocycles. The van der Waals surface area contributed by atoms with Crippen molar-refractivity contribution in [2.24, 2.45) is 0 Å². The predicted molar refractivity (Wildman–Crippen MR) is 77.9 cm³/mol. The highest BCUT2D eigenvalue weighted by Crippen LogP contribution is 2.20. The Balaban J connectivity index is 1.70. The van der Waals surface area contributed by atoms with Crippen LogP contribution in [0.1, 0.15) is 42.5 Å². The molecule has 1 fully saturated rings. The summed E-state index contributed by atoms with van der Waals surface area (Å²) in [7, 11) is 0. The molecule has 3 rings (SSSR count). The largest absolute Gasteiger partial charge is 0.307 e. The molecule has 0 aliphatic carbocycles. The van der Waals surface area contributed by atoms with Gasteiger partial charge in [-0.25, -0.2) is 4.98 Å². The number of benzene rings is 1. The Morgan fingerprint density at radius 2 is 2.26 bits per heavy atom. The van der Waals surface area contributed by atoms with Crippen molar-refractivity contribution in [2.75, 3.05) is 6.54 Å². The van der Waals surface area contributed by atoms with Crippen molar-refractivity contribution in [1.82, 2.24) is 20.5 Å². The highest BCUT2D eigenvalue weighted by Gasteiger charge is 2.18. The van der Waals surface area contributed by atoms with Gasteiger partial charge < -0.3 is 5.32 Å². The standard InChI is InChI=1S/C14H17BrN4/c15-11-5-3-4-10(8-11)9-13-17-14(19-18-13)12-6-1-2-7-16-12/h3-5,8,12,16H,1-2,6-7,9H2,(H,17,18,19). The molecule has 2 aromatic rings. The number of hydrogen-bond donors (Lipinski definition) is 2. The summed E-state index contributed by atoms with van der Waals surface area (Å²) in [6.45, 7) is 1.07. The van der Waals surface area contributed by atoms with E-state index in [4.69, 9.17) is 0 Å². The van der Waals surface area contributed by atoms with Gasteiger partial charge in [0.2, 0.25) is 0 Å². The van der Waals surface area contributed by atoms with Crippen LogP contribution in [0.4, 0.5) is 0 Å². The lowest BCUT2D eigenvalue weighted by Crippen LogP contribution is -2.27. The van der Waals surface area contributed by atoms with Gasteiger partial charge in [0.05, 0.1) is 6.04 Å². The first-order valence-electron chi connectivity index (χ1n) is 6.70. The molecule has 1 unspecified atom stereocenters. The van der Waals surface area contributed by atoms with Gasteiger partial charge in [-0.1, -0.05) is 34.5 Å². The van der Waals surface area contributed by atoms with Gasteiger partial charge in [-0.3, -0.25) is 5.10 Å². The van der Waals surface area contributed by atoms with Gasteiger partial charge in [0.25, 0.3) is 0 Å². The highest BCUT2D eigenvalue weighted by atomic mass is 79.9. The van der Waals surface area contributed by atoms with Crippen molar-refractivity contribution in [3.05, 3.63) is 46.0 Å². The zero-order valence-corrected chi connectivity index (χ0v) is 12.3. The maximum Gasteiger partial charge on any atom is 0.167 e. The third-order valence-electron chi connectivity index (χ3n) is 3.43. The number of rotatable bonds is 3. The Kier molecular flexibility index (Phi) is 3.94. The van der Waals surface area contributed by atoms with E-state index in [1.54, 1.807) is 0 Å². The van der Waals surface area contributed by atoms with Crippen molar-refractivity contribution < 1.29 is 0 Å². The van der Waals surface area contributed by atoms with E-state index in [1.165, 1.54) is 18.4 Å². The fourth-order valence-electron chi connectivity index (χ4n) is 2.46. The minimum atomic E-state index is 0.321. The maximum absolute atomic E-state index is 4.61. The molecule has 2 heterocycles. The Hall–Kier alpha value is -1.20. The molecule has 1 aromatic heterocycles. The number of aromatic nitrogens is 3. The molecule has 100 valence electrons. The second kappa shape index (κ2) is 5.84. The molecule has 1 aromatic carbocycles. The normalized spacial score (nSPS) is 19.5. The third-order valence-corrected chi connectivity index (χ3v) is 3.92. The van der Waals surface area contributed by atoms with Crippen molar-refractivity contribution >= 4 is 15.9 Å². The second-order valence-corrected chi connectivity index (χ2v) is 5.87. The lowest BCUT2D eigenvalue weighted by molar-refractivity contribution is 0.398. The summed E-state index contributed by atoms with van der Waals surface area (Å²) in [5, 5.41) is 10.9. The van der Waals surface area contributed by atoms with E-state index in [-0.39, 0.29) is 0 Å². The van der Waals surface area contributed by atoms with E-state index in [9.17, 15) is 0 Å². The second-order valence-electron chi connectivity index (χ2n) is 4.95. The first-order valence-corrected chi connectivity index (χ1v) is 7.49. The van der Waals surface area contributed by atoms with Crippen LogP contribution in [-0.2, 0) is 6.42 Å². The Morgan fingerprint density at radius 3 is 3.05 bits per heavy atom. The van der Waals surface area contributed by atoms with E-state index in [0.29, 0.717) is 6.04 Å². The van der Waals surface area contributed by atoms with E-state index in [0.717, 1.165) is 35.5 Å². The van der Waals surface area contributed by atoms with Gasteiger partial charge >= 0.3 is 0 Å². The van der Waals surface area contributed by atoms with Gasteiger partial charge in [-0.05, 0) is 37.1 Å². The zero-order valence-electron chi connectivity index (χ0n) is 10.7. The zero-order chi connectivity index (χ0) is 13.1. The number of H-pyrrole nitrogens is 1. The first kappa shape index (κ1) is 12.8. The molecule has 1 aliphatic heterocycles. The van der Waals surface area contributed by atoms with Gasteiger partial charge in [0.15, 0.2) is 5.82 Å². The molecule has 0 radical (unpaired) electrons. The lowest BCUT2D eigenvalue weighted by atomic mass is 10.0. The monoisotopic (exact) mass is 320 g/mol. The van der Waals surface area contributed by atoms with Crippen LogP contribution in [0.3, 0.4) is 0 Å². The quantitative estimate of drug-likeness (QED) is 0.914. The molecule has 0 amide bonds. The fourth-order valence-corrected chi connectivity index (χ4v) is 2.90. The molecule has 1 atom stereocenters. The summed E-state index contributed by atoms with van der Waals surface area (Å²) in [5.74, 6) is 1.84. The number of hydrogen-bond acceptors (Lipinski definition) is 3. The molecule has 5 heteroatoms. The van der Waals surface area contributed by atoms with Gasteiger partial charge in [-0.2, -0.15) is 5.10 Å². The molecule has 1 aliphatic rings. The van der Waals surface area contributed by atoms with Crippen molar-refractivity contribution in [1.29, 1.82) is 0 Å². The van der Waals surface area contributed by atoms with Gasteiger partial charge in [0.1, 0.15) is 5.82 Å².